The molecule has 5 nitrogen and oxygen atoms in total. The molecule has 0 heterocycles. The van der Waals surface area contributed by atoms with Gasteiger partial charge in [0.05, 0.1) is 0 Å². The number of carbonyl (C=O) groups is 2. The zero-order valence-corrected chi connectivity index (χ0v) is 10.2. The predicted molar refractivity (Wildman–Crippen MR) is 63.7 cm³/mol. The molecule has 0 spiro atoms. The van der Waals surface area contributed by atoms with Crippen molar-refractivity contribution < 1.29 is 19.1 Å². The fourth-order valence-electron chi connectivity index (χ4n) is 1.33. The van der Waals surface area contributed by atoms with Gasteiger partial charge in [0.2, 0.25) is 5.91 Å². The Morgan fingerprint density at radius 3 is 2.61 bits per heavy atom. The van der Waals surface area contributed by atoms with E-state index < -0.39 is 23.0 Å². The van der Waals surface area contributed by atoms with Crippen LogP contribution >= 0.6 is 0 Å². The first-order valence-electron chi connectivity index (χ1n) is 5.39. The van der Waals surface area contributed by atoms with Gasteiger partial charge in [0.1, 0.15) is 17.1 Å². The second-order valence-electron chi connectivity index (χ2n) is 3.93. The lowest BCUT2D eigenvalue weighted by molar-refractivity contribution is -0.128. The highest BCUT2D eigenvalue weighted by atomic mass is 19.1. The maximum atomic E-state index is 13.3. The Hall–Kier alpha value is -2.11. The van der Waals surface area contributed by atoms with E-state index in [1.165, 1.54) is 17.0 Å². The monoisotopic (exact) mass is 254 g/mol. The van der Waals surface area contributed by atoms with Gasteiger partial charge in [-0.1, -0.05) is 6.07 Å². The smallest absolute Gasteiger partial charge is 0.258 e. The second kappa shape index (κ2) is 6.00. The van der Waals surface area contributed by atoms with Crippen molar-refractivity contribution in [3.8, 4) is 5.75 Å². The van der Waals surface area contributed by atoms with Crippen LogP contribution in [0.25, 0.3) is 0 Å². The molecule has 1 aromatic carbocycles. The van der Waals surface area contributed by atoms with Gasteiger partial charge in [-0.05, 0) is 12.1 Å². The lowest BCUT2D eigenvalue weighted by Crippen LogP contribution is -2.30. The Balaban J connectivity index is 2.59. The molecule has 0 bridgehead atoms. The minimum atomic E-state index is -0.800. The number of amides is 2. The van der Waals surface area contributed by atoms with E-state index >= 15 is 0 Å². The summed E-state index contributed by atoms with van der Waals surface area (Å²) < 4.78 is 13.3. The molecule has 0 unspecified atom stereocenters. The maximum absolute atomic E-state index is 13.3. The molecule has 0 aliphatic rings. The molecule has 6 heteroatoms. The van der Waals surface area contributed by atoms with Crippen molar-refractivity contribution in [3.63, 3.8) is 0 Å². The summed E-state index contributed by atoms with van der Waals surface area (Å²) in [4.78, 5) is 24.2. The molecule has 0 radical (unpaired) electrons. The topological polar surface area (TPSA) is 69.6 Å². The number of hydrogen-bond donors (Lipinski definition) is 2. The van der Waals surface area contributed by atoms with Crippen LogP contribution in [0, 0.1) is 5.82 Å². The Kier molecular flexibility index (Phi) is 4.65. The van der Waals surface area contributed by atoms with Gasteiger partial charge in [-0.2, -0.15) is 0 Å². The SMILES string of the molecule is CN(C)C(=O)CCNC(=O)c1c(O)cccc1F. The Bertz CT molecular complexity index is 440. The van der Waals surface area contributed by atoms with Gasteiger partial charge in [0.25, 0.3) is 5.91 Å². The van der Waals surface area contributed by atoms with Crippen LogP contribution in [0.2, 0.25) is 0 Å². The normalized spacial score (nSPS) is 9.94. The first-order chi connectivity index (χ1) is 8.43. The summed E-state index contributed by atoms with van der Waals surface area (Å²) in [6, 6.07) is 3.61. The van der Waals surface area contributed by atoms with Crippen molar-refractivity contribution >= 4 is 11.8 Å². The predicted octanol–water partition coefficient (Wildman–Crippen LogP) is 0.739. The summed E-state index contributed by atoms with van der Waals surface area (Å²) in [5, 5.41) is 11.8. The maximum Gasteiger partial charge on any atom is 0.258 e. The average molecular weight is 254 g/mol. The molecular formula is C12H15FN2O3. The number of nitrogens with zero attached hydrogens (tertiary/aromatic N) is 1. The summed E-state index contributed by atoms with van der Waals surface area (Å²) in [5.41, 5.74) is -0.408. The third kappa shape index (κ3) is 3.44. The lowest BCUT2D eigenvalue weighted by atomic mass is 10.1. The van der Waals surface area contributed by atoms with E-state index in [0.29, 0.717) is 0 Å². The van der Waals surface area contributed by atoms with E-state index in [1.807, 2.05) is 0 Å². The van der Waals surface area contributed by atoms with Crippen LogP contribution in [0.15, 0.2) is 18.2 Å². The molecule has 0 aliphatic heterocycles. The van der Waals surface area contributed by atoms with Crippen molar-refractivity contribution in [1.29, 1.82) is 0 Å². The molecule has 0 aliphatic carbocycles. The van der Waals surface area contributed by atoms with Crippen molar-refractivity contribution in [3.05, 3.63) is 29.6 Å². The van der Waals surface area contributed by atoms with Crippen LogP contribution in [0.3, 0.4) is 0 Å². The van der Waals surface area contributed by atoms with Crippen LogP contribution in [0.5, 0.6) is 5.75 Å². The molecule has 0 saturated carbocycles. The molecule has 0 fully saturated rings. The van der Waals surface area contributed by atoms with E-state index in [-0.39, 0.29) is 18.9 Å². The number of carbonyl (C=O) groups excluding carboxylic acids is 2. The zero-order valence-electron chi connectivity index (χ0n) is 10.2. The molecule has 0 aromatic heterocycles. The molecular weight excluding hydrogens is 239 g/mol. The van der Waals surface area contributed by atoms with Crippen LogP contribution in [-0.2, 0) is 4.79 Å². The number of hydrogen-bond acceptors (Lipinski definition) is 3. The van der Waals surface area contributed by atoms with E-state index in [4.69, 9.17) is 0 Å². The van der Waals surface area contributed by atoms with E-state index in [1.54, 1.807) is 14.1 Å². The van der Waals surface area contributed by atoms with Crippen LogP contribution < -0.4 is 5.32 Å². The summed E-state index contributed by atoms with van der Waals surface area (Å²) in [7, 11) is 3.21. The summed E-state index contributed by atoms with van der Waals surface area (Å²) in [5.74, 6) is -2.11. The molecule has 2 N–H and O–H groups in total. The fourth-order valence-corrected chi connectivity index (χ4v) is 1.33. The Labute approximate surface area is 104 Å². The first-order valence-corrected chi connectivity index (χ1v) is 5.39. The number of aromatic hydroxyl groups is 1. The van der Waals surface area contributed by atoms with Gasteiger partial charge in [-0.15, -0.1) is 0 Å². The third-order valence-corrected chi connectivity index (χ3v) is 2.34. The van der Waals surface area contributed by atoms with Crippen molar-refractivity contribution in [2.24, 2.45) is 0 Å². The molecule has 98 valence electrons. The number of nitrogens with one attached hydrogen (secondary N) is 1. The minimum absolute atomic E-state index is 0.0869. The minimum Gasteiger partial charge on any atom is -0.507 e. The van der Waals surface area contributed by atoms with E-state index in [0.717, 1.165) is 6.07 Å². The van der Waals surface area contributed by atoms with Crippen molar-refractivity contribution in [2.45, 2.75) is 6.42 Å². The first kappa shape index (κ1) is 14.0. The fraction of sp³-hybridized carbons (Fsp3) is 0.333. The Morgan fingerprint density at radius 1 is 1.39 bits per heavy atom. The van der Waals surface area contributed by atoms with Crippen LogP contribution in [0.4, 0.5) is 4.39 Å². The highest BCUT2D eigenvalue weighted by Gasteiger charge is 2.16. The molecule has 18 heavy (non-hydrogen) atoms. The zero-order chi connectivity index (χ0) is 13.7. The lowest BCUT2D eigenvalue weighted by Gasteiger charge is -2.11. The van der Waals surface area contributed by atoms with Gasteiger partial charge < -0.3 is 15.3 Å². The van der Waals surface area contributed by atoms with Gasteiger partial charge in [0.15, 0.2) is 0 Å². The highest BCUT2D eigenvalue weighted by molar-refractivity contribution is 5.97. The molecule has 1 aromatic rings. The van der Waals surface area contributed by atoms with Crippen LogP contribution in [0.1, 0.15) is 16.8 Å². The highest BCUT2D eigenvalue weighted by Crippen LogP contribution is 2.19. The Morgan fingerprint density at radius 2 is 2.06 bits per heavy atom. The number of rotatable bonds is 4. The third-order valence-electron chi connectivity index (χ3n) is 2.34. The van der Waals surface area contributed by atoms with Gasteiger partial charge in [0, 0.05) is 27.1 Å². The molecule has 0 saturated heterocycles. The summed E-state index contributed by atoms with van der Waals surface area (Å²) in [6.45, 7) is 0.0869. The number of benzene rings is 1. The molecule has 1 rings (SSSR count). The average Bonchev–Trinajstić information content (AvgIpc) is 2.28. The number of phenolic OH excluding ortho intramolecular Hbond substituents is 1. The van der Waals surface area contributed by atoms with Crippen LogP contribution in [-0.4, -0.2) is 42.5 Å². The number of phenols is 1. The standard InChI is InChI=1S/C12H15FN2O3/c1-15(2)10(17)6-7-14-12(18)11-8(13)4-3-5-9(11)16/h3-5,16H,6-7H2,1-2H3,(H,14,18). The van der Waals surface area contributed by atoms with Crippen molar-refractivity contribution in [1.82, 2.24) is 10.2 Å². The summed E-state index contributed by atoms with van der Waals surface area (Å²) >= 11 is 0. The van der Waals surface area contributed by atoms with Crippen molar-refractivity contribution in [2.75, 3.05) is 20.6 Å². The van der Waals surface area contributed by atoms with E-state index in [2.05, 4.69) is 5.32 Å². The quantitative estimate of drug-likeness (QED) is 0.832. The second-order valence-corrected chi connectivity index (χ2v) is 3.93. The summed E-state index contributed by atoms with van der Waals surface area (Å²) in [6.07, 6.45) is 0.119. The van der Waals surface area contributed by atoms with E-state index in [9.17, 15) is 19.1 Å². The molecule has 2 amide bonds. The van der Waals surface area contributed by atoms with Gasteiger partial charge in [-0.3, -0.25) is 9.59 Å². The molecule has 0 atom stereocenters. The van der Waals surface area contributed by atoms with Gasteiger partial charge >= 0.3 is 0 Å². The number of halogens is 1. The van der Waals surface area contributed by atoms with Gasteiger partial charge in [-0.25, -0.2) is 4.39 Å². The largest absolute Gasteiger partial charge is 0.507 e.